The zero-order chi connectivity index (χ0) is 22.4. The molecule has 7 nitrogen and oxygen atoms in total. The summed E-state index contributed by atoms with van der Waals surface area (Å²) in [6, 6.07) is 8.86. The minimum Gasteiger partial charge on any atom is -0.482 e. The van der Waals surface area contributed by atoms with Crippen LogP contribution in [0.4, 0.5) is 5.00 Å². The highest BCUT2D eigenvalue weighted by Gasteiger charge is 2.30. The summed E-state index contributed by atoms with van der Waals surface area (Å²) in [5.74, 6) is -0.546. The summed E-state index contributed by atoms with van der Waals surface area (Å²) in [6.45, 7) is 5.35. The van der Waals surface area contributed by atoms with Gasteiger partial charge in [-0.1, -0.05) is 25.1 Å². The number of hydrogen-bond acceptors (Lipinski definition) is 7. The van der Waals surface area contributed by atoms with Crippen LogP contribution in [0.2, 0.25) is 0 Å². The first-order valence-electron chi connectivity index (χ1n) is 10.4. The fraction of sp³-hybridized carbons (Fsp3) is 0.435. The minimum atomic E-state index is -1.04. The van der Waals surface area contributed by atoms with Crippen LogP contribution in [0.5, 0.6) is 5.75 Å². The van der Waals surface area contributed by atoms with Crippen LogP contribution in [0.15, 0.2) is 30.3 Å². The van der Waals surface area contributed by atoms with Crippen molar-refractivity contribution >= 4 is 34.2 Å². The molecule has 31 heavy (non-hydrogen) atoms. The van der Waals surface area contributed by atoms with Gasteiger partial charge in [-0.25, -0.2) is 9.59 Å². The molecule has 1 aliphatic rings. The van der Waals surface area contributed by atoms with Crippen LogP contribution in [0.1, 0.15) is 48.0 Å². The van der Waals surface area contributed by atoms with Gasteiger partial charge in [-0.15, -0.1) is 11.3 Å². The molecule has 2 unspecified atom stereocenters. The summed E-state index contributed by atoms with van der Waals surface area (Å²) in [5, 5.41) is 3.21. The van der Waals surface area contributed by atoms with E-state index in [1.165, 1.54) is 18.3 Å². The Morgan fingerprint density at radius 2 is 1.97 bits per heavy atom. The van der Waals surface area contributed by atoms with Crippen molar-refractivity contribution in [2.45, 2.75) is 46.1 Å². The number of anilines is 1. The number of carbonyl (C=O) groups is 3. The summed E-state index contributed by atoms with van der Waals surface area (Å²) in [4.78, 5) is 38.4. The van der Waals surface area contributed by atoms with E-state index in [2.05, 4.69) is 12.2 Å². The smallest absolute Gasteiger partial charge is 0.344 e. The van der Waals surface area contributed by atoms with Gasteiger partial charge in [0.15, 0.2) is 12.7 Å². The SMILES string of the molecule is CCOC(=O)c1c(NC(=O)C(C)OC(=O)COc2ccccc2)sc2c1CCC(C)C2. The Kier molecular flexibility index (Phi) is 7.68. The number of fused-ring (bicyclic) bond motifs is 1. The van der Waals surface area contributed by atoms with Gasteiger partial charge in [0.25, 0.3) is 5.91 Å². The Morgan fingerprint density at radius 3 is 2.68 bits per heavy atom. The molecule has 1 aliphatic carbocycles. The Labute approximate surface area is 185 Å². The molecule has 1 N–H and O–H groups in total. The largest absolute Gasteiger partial charge is 0.482 e. The normalized spacial score (nSPS) is 16.0. The van der Waals surface area contributed by atoms with E-state index in [0.717, 1.165) is 29.7 Å². The number of rotatable bonds is 8. The Hall–Kier alpha value is -2.87. The minimum absolute atomic E-state index is 0.253. The molecule has 2 atom stereocenters. The van der Waals surface area contributed by atoms with Crippen LogP contribution in [0.25, 0.3) is 0 Å². The second-order valence-corrected chi connectivity index (χ2v) is 8.60. The average Bonchev–Trinajstić information content (AvgIpc) is 3.09. The number of amides is 1. The van der Waals surface area contributed by atoms with E-state index in [1.807, 2.05) is 6.07 Å². The molecule has 0 radical (unpaired) electrons. The van der Waals surface area contributed by atoms with E-state index in [-0.39, 0.29) is 13.2 Å². The molecular weight excluding hydrogens is 418 g/mol. The molecule has 3 rings (SSSR count). The monoisotopic (exact) mass is 445 g/mol. The summed E-state index contributed by atoms with van der Waals surface area (Å²) in [5.41, 5.74) is 1.38. The highest BCUT2D eigenvalue weighted by atomic mass is 32.1. The number of para-hydroxylation sites is 1. The lowest BCUT2D eigenvalue weighted by molar-refractivity contribution is -0.155. The molecule has 1 aromatic heterocycles. The van der Waals surface area contributed by atoms with Gasteiger partial charge in [-0.2, -0.15) is 0 Å². The molecule has 0 saturated heterocycles. The summed E-state index contributed by atoms with van der Waals surface area (Å²) in [7, 11) is 0. The summed E-state index contributed by atoms with van der Waals surface area (Å²) >= 11 is 1.39. The van der Waals surface area contributed by atoms with Crippen molar-refractivity contribution in [3.8, 4) is 5.75 Å². The average molecular weight is 446 g/mol. The van der Waals surface area contributed by atoms with Gasteiger partial charge in [0.2, 0.25) is 0 Å². The van der Waals surface area contributed by atoms with Gasteiger partial charge >= 0.3 is 11.9 Å². The van der Waals surface area contributed by atoms with E-state index in [0.29, 0.717) is 22.2 Å². The number of nitrogens with one attached hydrogen (secondary N) is 1. The molecule has 1 heterocycles. The lowest BCUT2D eigenvalue weighted by Crippen LogP contribution is -2.32. The number of esters is 2. The van der Waals surface area contributed by atoms with Crippen LogP contribution < -0.4 is 10.1 Å². The van der Waals surface area contributed by atoms with Crippen LogP contribution in [0, 0.1) is 5.92 Å². The van der Waals surface area contributed by atoms with E-state index >= 15 is 0 Å². The number of carbonyl (C=O) groups excluding carboxylic acids is 3. The maximum atomic E-state index is 12.7. The van der Waals surface area contributed by atoms with Crippen molar-refractivity contribution in [2.24, 2.45) is 5.92 Å². The van der Waals surface area contributed by atoms with Crippen molar-refractivity contribution in [1.82, 2.24) is 0 Å². The topological polar surface area (TPSA) is 90.9 Å². The first kappa shape index (κ1) is 22.8. The van der Waals surface area contributed by atoms with Gasteiger partial charge < -0.3 is 19.5 Å². The maximum absolute atomic E-state index is 12.7. The molecular formula is C23H27NO6S. The maximum Gasteiger partial charge on any atom is 0.344 e. The van der Waals surface area contributed by atoms with Crippen molar-refractivity contribution < 1.29 is 28.6 Å². The molecule has 8 heteroatoms. The molecule has 0 bridgehead atoms. The standard InChI is InChI=1S/C23H27NO6S/c1-4-28-23(27)20-17-11-10-14(2)12-18(17)31-22(20)24-21(26)15(3)30-19(25)13-29-16-8-6-5-7-9-16/h5-9,14-15H,4,10-13H2,1-3H3,(H,24,26). The quantitative estimate of drug-likeness (QED) is 0.618. The molecule has 0 spiro atoms. The highest BCUT2D eigenvalue weighted by Crippen LogP contribution is 2.40. The van der Waals surface area contributed by atoms with Gasteiger partial charge in [0.1, 0.15) is 10.8 Å². The summed E-state index contributed by atoms with van der Waals surface area (Å²) < 4.78 is 15.7. The van der Waals surface area contributed by atoms with Crippen molar-refractivity contribution in [3.63, 3.8) is 0 Å². The van der Waals surface area contributed by atoms with E-state index in [9.17, 15) is 14.4 Å². The van der Waals surface area contributed by atoms with Gasteiger partial charge in [-0.05, 0) is 56.7 Å². The predicted molar refractivity (Wildman–Crippen MR) is 118 cm³/mol. The number of thiophene rings is 1. The van der Waals surface area contributed by atoms with E-state index in [4.69, 9.17) is 14.2 Å². The molecule has 0 saturated carbocycles. The van der Waals surface area contributed by atoms with Crippen molar-refractivity contribution in [1.29, 1.82) is 0 Å². The van der Waals surface area contributed by atoms with E-state index in [1.54, 1.807) is 31.2 Å². The molecule has 1 amide bonds. The third kappa shape index (κ3) is 5.85. The fourth-order valence-electron chi connectivity index (χ4n) is 3.42. The first-order valence-corrected chi connectivity index (χ1v) is 11.2. The third-order valence-electron chi connectivity index (χ3n) is 5.01. The second-order valence-electron chi connectivity index (χ2n) is 7.50. The third-order valence-corrected chi connectivity index (χ3v) is 6.18. The molecule has 2 aromatic rings. The molecule has 0 fully saturated rings. The Bertz CT molecular complexity index is 939. The molecule has 0 aliphatic heterocycles. The van der Waals surface area contributed by atoms with Crippen LogP contribution in [-0.4, -0.2) is 37.2 Å². The first-order chi connectivity index (χ1) is 14.9. The predicted octanol–water partition coefficient (Wildman–Crippen LogP) is 4.00. The lowest BCUT2D eigenvalue weighted by atomic mass is 9.88. The Balaban J connectivity index is 1.64. The fourth-order valence-corrected chi connectivity index (χ4v) is 4.82. The van der Waals surface area contributed by atoms with Gasteiger partial charge in [-0.3, -0.25) is 4.79 Å². The molecule has 166 valence electrons. The number of ether oxygens (including phenoxy) is 3. The number of hydrogen-bond donors (Lipinski definition) is 1. The van der Waals surface area contributed by atoms with E-state index < -0.39 is 23.9 Å². The van der Waals surface area contributed by atoms with Crippen LogP contribution in [-0.2, 0) is 31.9 Å². The van der Waals surface area contributed by atoms with Gasteiger partial charge in [0.05, 0.1) is 12.2 Å². The van der Waals surface area contributed by atoms with Crippen LogP contribution in [0.3, 0.4) is 0 Å². The molecule has 1 aromatic carbocycles. The van der Waals surface area contributed by atoms with Gasteiger partial charge in [0, 0.05) is 4.88 Å². The van der Waals surface area contributed by atoms with Crippen LogP contribution >= 0.6 is 11.3 Å². The zero-order valence-electron chi connectivity index (χ0n) is 17.9. The second kappa shape index (κ2) is 10.4. The zero-order valence-corrected chi connectivity index (χ0v) is 18.8. The van der Waals surface area contributed by atoms with Crippen molar-refractivity contribution in [3.05, 3.63) is 46.3 Å². The Morgan fingerprint density at radius 1 is 1.23 bits per heavy atom. The summed E-state index contributed by atoms with van der Waals surface area (Å²) in [6.07, 6.45) is 1.58. The lowest BCUT2D eigenvalue weighted by Gasteiger charge is -2.18. The highest BCUT2D eigenvalue weighted by molar-refractivity contribution is 7.17. The van der Waals surface area contributed by atoms with Crippen molar-refractivity contribution in [2.75, 3.05) is 18.5 Å². The number of benzene rings is 1.